The van der Waals surface area contributed by atoms with Crippen molar-refractivity contribution in [1.82, 2.24) is 20.0 Å². The van der Waals surface area contributed by atoms with E-state index in [1.807, 2.05) is 47.7 Å². The van der Waals surface area contributed by atoms with Gasteiger partial charge in [0.2, 0.25) is 0 Å². The van der Waals surface area contributed by atoms with Gasteiger partial charge < -0.3 is 14.6 Å². The van der Waals surface area contributed by atoms with E-state index in [0.717, 1.165) is 16.9 Å². The van der Waals surface area contributed by atoms with Crippen molar-refractivity contribution < 1.29 is 14.0 Å². The van der Waals surface area contributed by atoms with Gasteiger partial charge in [-0.25, -0.2) is 4.68 Å². The van der Waals surface area contributed by atoms with E-state index in [1.54, 1.807) is 12.3 Å². The van der Waals surface area contributed by atoms with Crippen LogP contribution < -0.4 is 5.32 Å². The summed E-state index contributed by atoms with van der Waals surface area (Å²) in [6.07, 6.45) is 4.63. The Kier molecular flexibility index (Phi) is 6.17. The van der Waals surface area contributed by atoms with Gasteiger partial charge in [0.1, 0.15) is 0 Å². The Balaban J connectivity index is 1.45. The first-order valence-corrected chi connectivity index (χ1v) is 11.1. The van der Waals surface area contributed by atoms with Crippen LogP contribution in [0, 0.1) is 13.8 Å². The molecular formula is C25H30N4O3. The molecule has 0 radical (unpaired) electrons. The molecule has 2 aromatic heterocycles. The molecule has 0 spiro atoms. The minimum absolute atomic E-state index is 0.00119. The summed E-state index contributed by atoms with van der Waals surface area (Å²) in [6.45, 7) is 9.24. The van der Waals surface area contributed by atoms with Gasteiger partial charge in [-0.1, -0.05) is 31.5 Å². The predicted molar refractivity (Wildman–Crippen MR) is 122 cm³/mol. The number of hydrogen-bond acceptors (Lipinski definition) is 4. The van der Waals surface area contributed by atoms with Gasteiger partial charge in [0.05, 0.1) is 29.4 Å². The minimum atomic E-state index is -0.196. The van der Waals surface area contributed by atoms with E-state index in [4.69, 9.17) is 4.42 Å². The van der Waals surface area contributed by atoms with E-state index in [2.05, 4.69) is 24.3 Å². The van der Waals surface area contributed by atoms with Crippen molar-refractivity contribution in [2.45, 2.75) is 52.5 Å². The molecule has 1 fully saturated rings. The molecule has 0 aliphatic carbocycles. The second-order valence-corrected chi connectivity index (χ2v) is 8.82. The fourth-order valence-corrected chi connectivity index (χ4v) is 4.22. The molecule has 0 bridgehead atoms. The molecule has 168 valence electrons. The van der Waals surface area contributed by atoms with Gasteiger partial charge in [-0.15, -0.1) is 0 Å². The Morgan fingerprint density at radius 2 is 1.78 bits per heavy atom. The normalized spacial score (nSPS) is 14.7. The second-order valence-electron chi connectivity index (χ2n) is 8.82. The summed E-state index contributed by atoms with van der Waals surface area (Å²) in [5.41, 5.74) is 4.52. The van der Waals surface area contributed by atoms with Crippen molar-refractivity contribution in [3.05, 3.63) is 70.9 Å². The average molecular weight is 435 g/mol. The highest BCUT2D eigenvalue weighted by atomic mass is 16.3. The Bertz CT molecular complexity index is 1100. The number of aromatic nitrogens is 2. The lowest BCUT2D eigenvalue weighted by Crippen LogP contribution is -2.46. The smallest absolute Gasteiger partial charge is 0.287 e. The molecule has 3 heterocycles. The summed E-state index contributed by atoms with van der Waals surface area (Å²) in [5, 5.41) is 7.58. The Labute approximate surface area is 188 Å². The van der Waals surface area contributed by atoms with Crippen LogP contribution in [0.25, 0.3) is 5.69 Å². The maximum absolute atomic E-state index is 13.4. The number of benzene rings is 1. The highest BCUT2D eigenvalue weighted by Crippen LogP contribution is 2.25. The van der Waals surface area contributed by atoms with Crippen molar-refractivity contribution in [3.8, 4) is 5.69 Å². The minimum Gasteiger partial charge on any atom is -0.459 e. The van der Waals surface area contributed by atoms with Crippen LogP contribution in [-0.2, 0) is 0 Å². The Hall–Kier alpha value is -3.35. The van der Waals surface area contributed by atoms with Gasteiger partial charge in [0.15, 0.2) is 5.76 Å². The van der Waals surface area contributed by atoms with Gasteiger partial charge >= 0.3 is 0 Å². The zero-order chi connectivity index (χ0) is 22.8. The number of likely N-dealkylation sites (tertiary alicyclic amines) is 1. The topological polar surface area (TPSA) is 80.4 Å². The van der Waals surface area contributed by atoms with Crippen molar-refractivity contribution in [3.63, 3.8) is 0 Å². The van der Waals surface area contributed by atoms with Crippen LogP contribution >= 0.6 is 0 Å². The van der Waals surface area contributed by atoms with Gasteiger partial charge in [-0.3, -0.25) is 9.59 Å². The third kappa shape index (κ3) is 4.33. The summed E-state index contributed by atoms with van der Waals surface area (Å²) in [5.74, 6) is 0.303. The predicted octanol–water partition coefficient (Wildman–Crippen LogP) is 4.24. The first-order valence-electron chi connectivity index (χ1n) is 11.1. The number of carbonyl (C=O) groups excluding carboxylic acids is 2. The van der Waals surface area contributed by atoms with Gasteiger partial charge in [0, 0.05) is 24.7 Å². The first kappa shape index (κ1) is 21.9. The lowest BCUT2D eigenvalue weighted by molar-refractivity contribution is 0.0694. The molecule has 4 rings (SSSR count). The standard InChI is InChI=1S/C25H30N4O3/c1-16(2)22-21(15-26-29(22)20-7-5-17(3)6-8-20)25(31)28-12-9-19(10-13-28)27-24(30)23-18(4)11-14-32-23/h5-8,11,14-16,19H,9-10,12-13H2,1-4H3,(H,27,30). The van der Waals surface area contributed by atoms with Crippen LogP contribution in [0.2, 0.25) is 0 Å². The van der Waals surface area contributed by atoms with Crippen molar-refractivity contribution in [2.75, 3.05) is 13.1 Å². The van der Waals surface area contributed by atoms with Crippen LogP contribution in [0.1, 0.15) is 70.3 Å². The fraction of sp³-hybridized carbons (Fsp3) is 0.400. The van der Waals surface area contributed by atoms with Crippen LogP contribution in [0.3, 0.4) is 0 Å². The van der Waals surface area contributed by atoms with E-state index >= 15 is 0 Å². The number of furan rings is 1. The third-order valence-electron chi connectivity index (χ3n) is 6.05. The van der Waals surface area contributed by atoms with Crippen LogP contribution in [0.5, 0.6) is 0 Å². The molecule has 2 amide bonds. The second kappa shape index (κ2) is 9.02. The van der Waals surface area contributed by atoms with E-state index in [0.29, 0.717) is 37.3 Å². The molecule has 0 atom stereocenters. The summed E-state index contributed by atoms with van der Waals surface area (Å²) in [7, 11) is 0. The third-order valence-corrected chi connectivity index (χ3v) is 6.05. The zero-order valence-electron chi connectivity index (χ0n) is 19.1. The van der Waals surface area contributed by atoms with E-state index in [9.17, 15) is 9.59 Å². The molecule has 32 heavy (non-hydrogen) atoms. The van der Waals surface area contributed by atoms with Gasteiger partial charge in [0.25, 0.3) is 11.8 Å². The molecule has 0 saturated carbocycles. The number of amides is 2. The van der Waals surface area contributed by atoms with Crippen molar-refractivity contribution >= 4 is 11.8 Å². The molecule has 7 nitrogen and oxygen atoms in total. The molecule has 1 aromatic carbocycles. The number of aryl methyl sites for hydroxylation is 2. The molecule has 3 aromatic rings. The lowest BCUT2D eigenvalue weighted by Gasteiger charge is -2.32. The summed E-state index contributed by atoms with van der Waals surface area (Å²) >= 11 is 0. The first-order chi connectivity index (χ1) is 15.3. The highest BCUT2D eigenvalue weighted by Gasteiger charge is 2.29. The monoisotopic (exact) mass is 434 g/mol. The molecular weight excluding hydrogens is 404 g/mol. The molecule has 1 aliphatic heterocycles. The summed E-state index contributed by atoms with van der Waals surface area (Å²) < 4.78 is 7.15. The number of rotatable bonds is 5. The maximum atomic E-state index is 13.4. The summed E-state index contributed by atoms with van der Waals surface area (Å²) in [6, 6.07) is 9.95. The van der Waals surface area contributed by atoms with Crippen LogP contribution in [0.4, 0.5) is 0 Å². The number of nitrogens with one attached hydrogen (secondary N) is 1. The Morgan fingerprint density at radius 3 is 2.38 bits per heavy atom. The SMILES string of the molecule is Cc1ccc(-n2ncc(C(=O)N3CCC(NC(=O)c4occc4C)CC3)c2C(C)C)cc1. The quantitative estimate of drug-likeness (QED) is 0.651. The molecule has 7 heteroatoms. The van der Waals surface area contributed by atoms with Gasteiger partial charge in [-0.2, -0.15) is 5.10 Å². The van der Waals surface area contributed by atoms with Crippen LogP contribution in [0.15, 0.2) is 47.2 Å². The van der Waals surface area contributed by atoms with E-state index < -0.39 is 0 Å². The molecule has 0 unspecified atom stereocenters. The number of carbonyl (C=O) groups is 2. The van der Waals surface area contributed by atoms with Crippen molar-refractivity contribution in [2.24, 2.45) is 0 Å². The number of piperidine rings is 1. The van der Waals surface area contributed by atoms with E-state index in [1.165, 1.54) is 11.8 Å². The van der Waals surface area contributed by atoms with Gasteiger partial charge in [-0.05, 0) is 50.8 Å². The lowest BCUT2D eigenvalue weighted by atomic mass is 10.0. The van der Waals surface area contributed by atoms with Crippen LogP contribution in [-0.4, -0.2) is 45.6 Å². The average Bonchev–Trinajstić information content (AvgIpc) is 3.41. The Morgan fingerprint density at radius 1 is 1.09 bits per heavy atom. The molecule has 1 aliphatic rings. The molecule has 1 saturated heterocycles. The molecule has 1 N–H and O–H groups in total. The fourth-order valence-electron chi connectivity index (χ4n) is 4.22. The largest absolute Gasteiger partial charge is 0.459 e. The highest BCUT2D eigenvalue weighted by molar-refractivity contribution is 5.96. The summed E-state index contributed by atoms with van der Waals surface area (Å²) in [4.78, 5) is 27.6. The van der Waals surface area contributed by atoms with Crippen molar-refractivity contribution in [1.29, 1.82) is 0 Å². The zero-order valence-corrected chi connectivity index (χ0v) is 19.1. The maximum Gasteiger partial charge on any atom is 0.287 e. The number of hydrogen-bond donors (Lipinski definition) is 1. The number of nitrogens with zero attached hydrogens (tertiary/aromatic N) is 3. The van der Waals surface area contributed by atoms with E-state index in [-0.39, 0.29) is 23.8 Å².